The highest BCUT2D eigenvalue weighted by molar-refractivity contribution is 7.47. The molecule has 2 atom stereocenters. The van der Waals surface area contributed by atoms with Gasteiger partial charge in [-0.05, 0) is 63.9 Å². The van der Waals surface area contributed by atoms with Gasteiger partial charge in [-0.3, -0.25) is 13.8 Å². The van der Waals surface area contributed by atoms with Crippen molar-refractivity contribution in [2.75, 3.05) is 26.4 Å². The van der Waals surface area contributed by atoms with Crippen molar-refractivity contribution in [2.45, 2.75) is 193 Å². The van der Waals surface area contributed by atoms with Crippen molar-refractivity contribution in [3.8, 4) is 0 Å². The molecule has 0 fully saturated rings. The molecule has 0 spiro atoms. The summed E-state index contributed by atoms with van der Waals surface area (Å²) < 4.78 is 33.1. The molecule has 0 rings (SSSR count). The highest BCUT2D eigenvalue weighted by Crippen LogP contribution is 2.43. The number of hydrogen-bond acceptors (Lipinski definition) is 7. The van der Waals surface area contributed by atoms with Crippen molar-refractivity contribution in [2.24, 2.45) is 5.73 Å². The number of allylic oxidation sites excluding steroid dienone is 7. The lowest BCUT2D eigenvalue weighted by atomic mass is 10.0. The predicted octanol–water partition coefficient (Wildman–Crippen LogP) is 12.8. The fourth-order valence-electron chi connectivity index (χ4n) is 5.67. The average Bonchev–Trinajstić information content (AvgIpc) is 3.13. The lowest BCUT2D eigenvalue weighted by Gasteiger charge is -2.19. The Balaban J connectivity index is 4.14. The molecule has 0 saturated heterocycles. The van der Waals surface area contributed by atoms with Crippen LogP contribution in [-0.2, 0) is 27.9 Å². The minimum atomic E-state index is -4.30. The van der Waals surface area contributed by atoms with Crippen LogP contribution in [0.5, 0.6) is 0 Å². The van der Waals surface area contributed by atoms with E-state index in [1.165, 1.54) is 109 Å². The second kappa shape index (κ2) is 40.5. The van der Waals surface area contributed by atoms with E-state index in [1.807, 2.05) is 6.08 Å². The number of ether oxygens (including phenoxy) is 2. The normalized spacial score (nSPS) is 13.9. The molecule has 52 heavy (non-hydrogen) atoms. The van der Waals surface area contributed by atoms with Gasteiger partial charge in [0.25, 0.3) is 0 Å². The maximum absolute atomic E-state index is 12.5. The first-order valence-electron chi connectivity index (χ1n) is 21.2. The smallest absolute Gasteiger partial charge is 0.472 e. The van der Waals surface area contributed by atoms with Crippen LogP contribution in [0.3, 0.4) is 0 Å². The van der Waals surface area contributed by atoms with Crippen LogP contribution in [0.25, 0.3) is 0 Å². The number of phosphoric acid groups is 1. The second-order valence-corrected chi connectivity index (χ2v) is 15.4. The molecular weight excluding hydrogens is 673 g/mol. The Kier molecular flexibility index (Phi) is 39.2. The Morgan fingerprint density at radius 1 is 0.596 bits per heavy atom. The van der Waals surface area contributed by atoms with Crippen molar-refractivity contribution in [1.29, 1.82) is 0 Å². The van der Waals surface area contributed by atoms with E-state index in [9.17, 15) is 14.3 Å². The number of nitrogens with two attached hydrogens (primary N) is 1. The molecule has 9 heteroatoms. The molecule has 0 aliphatic heterocycles. The van der Waals surface area contributed by atoms with E-state index < -0.39 is 13.9 Å². The van der Waals surface area contributed by atoms with Gasteiger partial charge in [0.05, 0.1) is 19.5 Å². The van der Waals surface area contributed by atoms with E-state index in [0.717, 1.165) is 57.8 Å². The summed E-state index contributed by atoms with van der Waals surface area (Å²) in [5.74, 6) is -0.373. The van der Waals surface area contributed by atoms with Crippen LogP contribution in [0.4, 0.5) is 0 Å². The van der Waals surface area contributed by atoms with Gasteiger partial charge >= 0.3 is 13.8 Å². The fourth-order valence-corrected chi connectivity index (χ4v) is 6.44. The largest absolute Gasteiger partial charge is 0.498 e. The van der Waals surface area contributed by atoms with E-state index in [1.54, 1.807) is 6.26 Å². The van der Waals surface area contributed by atoms with Crippen LogP contribution in [-0.4, -0.2) is 43.3 Å². The molecule has 0 amide bonds. The summed E-state index contributed by atoms with van der Waals surface area (Å²) in [6, 6.07) is 0. The van der Waals surface area contributed by atoms with E-state index in [4.69, 9.17) is 24.3 Å². The molecule has 304 valence electrons. The number of hydrogen-bond donors (Lipinski definition) is 2. The predicted molar refractivity (Wildman–Crippen MR) is 219 cm³/mol. The number of phosphoric ester groups is 1. The number of unbranched alkanes of at least 4 members (excludes halogenated alkanes) is 21. The van der Waals surface area contributed by atoms with Crippen LogP contribution in [0.1, 0.15) is 187 Å². The number of carbonyl (C=O) groups excluding carboxylic acids is 1. The van der Waals surface area contributed by atoms with Gasteiger partial charge in [-0.2, -0.15) is 0 Å². The Morgan fingerprint density at radius 2 is 1.04 bits per heavy atom. The molecule has 1 unspecified atom stereocenters. The van der Waals surface area contributed by atoms with E-state index >= 15 is 0 Å². The standard InChI is InChI=1S/C43H80NO7P/c1-3-5-7-9-11-13-15-17-19-21-22-24-26-28-30-32-34-36-43(45)51-42(41-50-52(46,47)49-39-37-44)40-48-38-35-33-31-29-27-25-23-20-18-16-14-12-10-8-6-4-2/h11,13,17,19,22,24,35,38,42H,3-10,12,14-16,18,20-21,23,25-34,36-37,39-41,44H2,1-2H3,(H,46,47)/b13-11+,19-17+,24-22+,38-35+/t42-/m1/s1. The molecule has 0 aliphatic carbocycles. The number of rotatable bonds is 40. The minimum absolute atomic E-state index is 0.0230. The van der Waals surface area contributed by atoms with Gasteiger partial charge in [0.1, 0.15) is 6.61 Å². The van der Waals surface area contributed by atoms with Crippen LogP contribution in [0.15, 0.2) is 48.8 Å². The summed E-state index contributed by atoms with van der Waals surface area (Å²) in [5, 5.41) is 0. The Morgan fingerprint density at radius 3 is 1.58 bits per heavy atom. The van der Waals surface area contributed by atoms with E-state index in [0.29, 0.717) is 0 Å². The molecule has 0 aliphatic rings. The summed E-state index contributed by atoms with van der Waals surface area (Å²) in [4.78, 5) is 22.4. The van der Waals surface area contributed by atoms with Gasteiger partial charge in [-0.1, -0.05) is 159 Å². The van der Waals surface area contributed by atoms with E-state index in [2.05, 4.69) is 50.3 Å². The molecule has 0 heterocycles. The molecule has 0 aromatic rings. The average molecular weight is 754 g/mol. The zero-order valence-electron chi connectivity index (χ0n) is 33.5. The molecule has 0 aromatic heterocycles. The van der Waals surface area contributed by atoms with Gasteiger partial charge in [-0.25, -0.2) is 4.57 Å². The highest BCUT2D eigenvalue weighted by atomic mass is 31.2. The Labute approximate surface area is 320 Å². The molecule has 8 nitrogen and oxygen atoms in total. The summed E-state index contributed by atoms with van der Waals surface area (Å²) in [5.41, 5.74) is 5.36. The van der Waals surface area contributed by atoms with Crippen LogP contribution in [0.2, 0.25) is 0 Å². The Bertz CT molecular complexity index is 936. The number of carbonyl (C=O) groups is 1. The third-order valence-corrected chi connectivity index (χ3v) is 9.80. The van der Waals surface area contributed by atoms with Gasteiger partial charge in [-0.15, -0.1) is 0 Å². The van der Waals surface area contributed by atoms with Crippen molar-refractivity contribution in [3.63, 3.8) is 0 Å². The van der Waals surface area contributed by atoms with Crippen molar-refractivity contribution in [1.82, 2.24) is 0 Å². The maximum Gasteiger partial charge on any atom is 0.472 e. The molecule has 0 aromatic carbocycles. The SMILES string of the molecule is CCCCC/C=C/C/C=C/C/C=C/CCCCCCC(=O)O[C@H](CO/C=C/CCCCCCCCCCCCCCCC)COP(=O)(O)OCCN. The zero-order chi connectivity index (χ0) is 38.1. The maximum atomic E-state index is 12.5. The molecule has 0 bridgehead atoms. The Hall–Kier alpha value is -1.70. The first kappa shape index (κ1) is 50.3. The highest BCUT2D eigenvalue weighted by Gasteiger charge is 2.25. The summed E-state index contributed by atoms with van der Waals surface area (Å²) in [7, 11) is -4.30. The van der Waals surface area contributed by atoms with Crippen LogP contribution < -0.4 is 5.73 Å². The second-order valence-electron chi connectivity index (χ2n) is 13.9. The topological polar surface area (TPSA) is 117 Å². The third-order valence-electron chi connectivity index (χ3n) is 8.81. The first-order chi connectivity index (χ1) is 25.4. The minimum Gasteiger partial charge on any atom is -0.498 e. The fraction of sp³-hybridized carbons (Fsp3) is 0.791. The zero-order valence-corrected chi connectivity index (χ0v) is 34.4. The van der Waals surface area contributed by atoms with Crippen molar-refractivity contribution in [3.05, 3.63) is 48.8 Å². The number of esters is 1. The monoisotopic (exact) mass is 754 g/mol. The lowest BCUT2D eigenvalue weighted by molar-refractivity contribution is -0.153. The summed E-state index contributed by atoms with van der Waals surface area (Å²) in [6.45, 7) is 4.19. The molecular formula is C43H80NO7P. The summed E-state index contributed by atoms with van der Waals surface area (Å²) >= 11 is 0. The van der Waals surface area contributed by atoms with Crippen molar-refractivity contribution < 1.29 is 32.8 Å². The van der Waals surface area contributed by atoms with Gasteiger partial charge in [0.2, 0.25) is 0 Å². The van der Waals surface area contributed by atoms with Gasteiger partial charge < -0.3 is 20.1 Å². The third kappa shape index (κ3) is 39.5. The molecule has 3 N–H and O–H groups in total. The van der Waals surface area contributed by atoms with Crippen LogP contribution in [0, 0.1) is 0 Å². The lowest BCUT2D eigenvalue weighted by Crippen LogP contribution is -2.27. The first-order valence-corrected chi connectivity index (χ1v) is 22.7. The van der Waals surface area contributed by atoms with Gasteiger partial charge in [0, 0.05) is 13.0 Å². The molecule has 0 radical (unpaired) electrons. The van der Waals surface area contributed by atoms with Crippen molar-refractivity contribution >= 4 is 13.8 Å². The quantitative estimate of drug-likeness (QED) is 0.0209. The summed E-state index contributed by atoms with van der Waals surface area (Å²) in [6.07, 6.45) is 47.9. The molecule has 0 saturated carbocycles. The van der Waals surface area contributed by atoms with E-state index in [-0.39, 0.29) is 38.8 Å². The van der Waals surface area contributed by atoms with Gasteiger partial charge in [0.15, 0.2) is 6.10 Å². The van der Waals surface area contributed by atoms with Crippen LogP contribution >= 0.6 is 7.82 Å².